The number of thioether (sulfide) groups is 1. The van der Waals surface area contributed by atoms with E-state index < -0.39 is 0 Å². The van der Waals surface area contributed by atoms with Gasteiger partial charge in [0.1, 0.15) is 0 Å². The van der Waals surface area contributed by atoms with Crippen molar-refractivity contribution < 1.29 is 4.79 Å². The molecule has 0 radical (unpaired) electrons. The summed E-state index contributed by atoms with van der Waals surface area (Å²) in [4.78, 5) is 14.4. The van der Waals surface area contributed by atoms with Crippen LogP contribution in [-0.2, 0) is 4.79 Å². The number of carbonyl (C=O) groups excluding carboxylic acids is 1. The van der Waals surface area contributed by atoms with Crippen LogP contribution in [0, 0.1) is 0 Å². The van der Waals surface area contributed by atoms with Gasteiger partial charge in [0.25, 0.3) is 0 Å². The zero-order valence-electron chi connectivity index (χ0n) is 10.2. The molecule has 1 N–H and O–H groups in total. The van der Waals surface area contributed by atoms with E-state index in [1.807, 2.05) is 11.8 Å². The number of amides is 1. The van der Waals surface area contributed by atoms with Gasteiger partial charge in [0.2, 0.25) is 5.91 Å². The van der Waals surface area contributed by atoms with Gasteiger partial charge in [0.05, 0.1) is 12.2 Å². The molecule has 16 heavy (non-hydrogen) atoms. The first-order valence-electron chi connectivity index (χ1n) is 6.43. The highest BCUT2D eigenvalue weighted by Gasteiger charge is 2.41. The maximum absolute atomic E-state index is 12.3. The maximum Gasteiger partial charge on any atom is 0.241 e. The number of hydrogen-bond donors (Lipinski definition) is 1. The zero-order valence-corrected chi connectivity index (χ0v) is 11.1. The quantitative estimate of drug-likeness (QED) is 0.816. The molecule has 2 fully saturated rings. The van der Waals surface area contributed by atoms with Gasteiger partial charge in [-0.25, -0.2) is 0 Å². The minimum absolute atomic E-state index is 0.0714. The van der Waals surface area contributed by atoms with Gasteiger partial charge in [-0.15, -0.1) is 0 Å². The zero-order chi connectivity index (χ0) is 11.5. The lowest BCUT2D eigenvalue weighted by Crippen LogP contribution is -2.44. The van der Waals surface area contributed by atoms with E-state index in [0.29, 0.717) is 18.1 Å². The van der Waals surface area contributed by atoms with Crippen LogP contribution >= 0.6 is 11.8 Å². The summed E-state index contributed by atoms with van der Waals surface area (Å²) in [6.07, 6.45) is 4.61. The van der Waals surface area contributed by atoms with Crippen LogP contribution < -0.4 is 5.32 Å². The van der Waals surface area contributed by atoms with Gasteiger partial charge in [0, 0.05) is 11.8 Å². The molecule has 2 heterocycles. The molecule has 0 aromatic heterocycles. The van der Waals surface area contributed by atoms with E-state index in [1.165, 1.54) is 12.2 Å². The number of hydrogen-bond acceptors (Lipinski definition) is 3. The van der Waals surface area contributed by atoms with Crippen molar-refractivity contribution in [2.75, 3.05) is 11.5 Å². The lowest BCUT2D eigenvalue weighted by atomic mass is 10.1. The van der Waals surface area contributed by atoms with Gasteiger partial charge in [-0.2, -0.15) is 11.8 Å². The van der Waals surface area contributed by atoms with Gasteiger partial charge < -0.3 is 4.90 Å². The summed E-state index contributed by atoms with van der Waals surface area (Å²) in [5.41, 5.74) is 0. The molecule has 92 valence electrons. The van der Waals surface area contributed by atoms with Crippen molar-refractivity contribution in [1.82, 2.24) is 10.2 Å². The molecule has 2 aliphatic heterocycles. The first-order chi connectivity index (χ1) is 7.77. The fourth-order valence-electron chi connectivity index (χ4n) is 2.68. The fraction of sp³-hybridized carbons (Fsp3) is 0.917. The molecular weight excluding hydrogens is 220 g/mol. The minimum atomic E-state index is 0.0714. The first kappa shape index (κ1) is 12.2. The van der Waals surface area contributed by atoms with E-state index in [2.05, 4.69) is 24.1 Å². The Hall–Kier alpha value is -0.220. The largest absolute Gasteiger partial charge is 0.322 e. The monoisotopic (exact) mass is 242 g/mol. The van der Waals surface area contributed by atoms with Crippen LogP contribution in [0.5, 0.6) is 0 Å². The summed E-state index contributed by atoms with van der Waals surface area (Å²) in [7, 11) is 0. The van der Waals surface area contributed by atoms with Gasteiger partial charge in [-0.1, -0.05) is 20.3 Å². The average Bonchev–Trinajstić information content (AvgIpc) is 2.87. The van der Waals surface area contributed by atoms with Crippen molar-refractivity contribution in [3.63, 3.8) is 0 Å². The Labute approximate surface area is 102 Å². The van der Waals surface area contributed by atoms with Crippen LogP contribution in [-0.4, -0.2) is 40.6 Å². The second-order valence-corrected chi connectivity index (χ2v) is 5.84. The van der Waals surface area contributed by atoms with Crippen molar-refractivity contribution >= 4 is 17.7 Å². The van der Waals surface area contributed by atoms with Crippen molar-refractivity contribution in [3.8, 4) is 0 Å². The number of rotatable bonds is 4. The number of nitrogens with one attached hydrogen (secondary N) is 1. The molecule has 0 aliphatic carbocycles. The standard InChI is InChI=1S/C12H22N2OS/c1-3-5-11-13-10(4-2)12(15)14(11)9-6-7-16-8-9/h9-11,13H,3-8H2,1-2H3. The molecule has 2 rings (SSSR count). The highest BCUT2D eigenvalue weighted by molar-refractivity contribution is 7.99. The first-order valence-corrected chi connectivity index (χ1v) is 7.59. The molecule has 2 aliphatic rings. The van der Waals surface area contributed by atoms with E-state index in [1.54, 1.807) is 0 Å². The molecule has 3 nitrogen and oxygen atoms in total. The Morgan fingerprint density at radius 2 is 2.31 bits per heavy atom. The van der Waals surface area contributed by atoms with E-state index in [-0.39, 0.29) is 6.04 Å². The molecule has 0 bridgehead atoms. The Kier molecular flexibility index (Phi) is 4.14. The Bertz CT molecular complexity index is 253. The Balaban J connectivity index is 2.07. The minimum Gasteiger partial charge on any atom is -0.322 e. The number of carbonyl (C=O) groups is 1. The lowest BCUT2D eigenvalue weighted by Gasteiger charge is -2.29. The molecule has 0 aromatic carbocycles. The van der Waals surface area contributed by atoms with Gasteiger partial charge >= 0.3 is 0 Å². The molecule has 3 atom stereocenters. The Morgan fingerprint density at radius 3 is 2.88 bits per heavy atom. The van der Waals surface area contributed by atoms with E-state index in [4.69, 9.17) is 0 Å². The molecule has 3 unspecified atom stereocenters. The molecular formula is C12H22N2OS. The van der Waals surface area contributed by atoms with Crippen molar-refractivity contribution in [2.45, 2.75) is 57.8 Å². The fourth-order valence-corrected chi connectivity index (χ4v) is 3.89. The molecule has 2 saturated heterocycles. The van der Waals surface area contributed by atoms with Crippen molar-refractivity contribution in [2.24, 2.45) is 0 Å². The van der Waals surface area contributed by atoms with Crippen LogP contribution in [0.15, 0.2) is 0 Å². The van der Waals surface area contributed by atoms with E-state index in [0.717, 1.165) is 25.0 Å². The van der Waals surface area contributed by atoms with Crippen molar-refractivity contribution in [1.29, 1.82) is 0 Å². The second-order valence-electron chi connectivity index (χ2n) is 4.69. The van der Waals surface area contributed by atoms with Gasteiger partial charge in [0.15, 0.2) is 0 Å². The third-order valence-electron chi connectivity index (χ3n) is 3.55. The molecule has 0 spiro atoms. The summed E-state index contributed by atoms with van der Waals surface area (Å²) in [5.74, 6) is 2.68. The normalized spacial score (nSPS) is 35.0. The second kappa shape index (κ2) is 5.41. The maximum atomic E-state index is 12.3. The van der Waals surface area contributed by atoms with Crippen LogP contribution in [0.2, 0.25) is 0 Å². The third kappa shape index (κ3) is 2.23. The third-order valence-corrected chi connectivity index (χ3v) is 4.70. The predicted octanol–water partition coefficient (Wildman–Crippen LogP) is 1.83. The Morgan fingerprint density at radius 1 is 1.50 bits per heavy atom. The summed E-state index contributed by atoms with van der Waals surface area (Å²) in [5, 5.41) is 3.49. The predicted molar refractivity (Wildman–Crippen MR) is 68.5 cm³/mol. The summed E-state index contributed by atoms with van der Waals surface area (Å²) in [6, 6.07) is 0.556. The topological polar surface area (TPSA) is 32.3 Å². The van der Waals surface area contributed by atoms with Crippen LogP contribution in [0.1, 0.15) is 39.5 Å². The molecule has 4 heteroatoms. The van der Waals surface area contributed by atoms with Crippen LogP contribution in [0.25, 0.3) is 0 Å². The highest BCUT2D eigenvalue weighted by Crippen LogP contribution is 2.28. The van der Waals surface area contributed by atoms with E-state index >= 15 is 0 Å². The average molecular weight is 242 g/mol. The molecule has 0 aromatic rings. The molecule has 1 amide bonds. The lowest BCUT2D eigenvalue weighted by molar-refractivity contribution is -0.131. The van der Waals surface area contributed by atoms with Crippen molar-refractivity contribution in [3.05, 3.63) is 0 Å². The van der Waals surface area contributed by atoms with Gasteiger partial charge in [-0.3, -0.25) is 10.1 Å². The summed E-state index contributed by atoms with van der Waals surface area (Å²) >= 11 is 1.98. The summed E-state index contributed by atoms with van der Waals surface area (Å²) in [6.45, 7) is 4.28. The highest BCUT2D eigenvalue weighted by atomic mass is 32.2. The van der Waals surface area contributed by atoms with E-state index in [9.17, 15) is 4.79 Å². The van der Waals surface area contributed by atoms with Gasteiger partial charge in [-0.05, 0) is 25.0 Å². The molecule has 0 saturated carbocycles. The summed E-state index contributed by atoms with van der Waals surface area (Å²) < 4.78 is 0. The number of nitrogens with zero attached hydrogens (tertiary/aromatic N) is 1. The smallest absolute Gasteiger partial charge is 0.241 e. The van der Waals surface area contributed by atoms with Crippen LogP contribution in [0.4, 0.5) is 0 Å². The SMILES string of the molecule is CCCC1NC(CC)C(=O)N1C1CCSC1. The van der Waals surface area contributed by atoms with Crippen LogP contribution in [0.3, 0.4) is 0 Å².